The van der Waals surface area contributed by atoms with Gasteiger partial charge in [0.1, 0.15) is 11.6 Å². The third kappa shape index (κ3) is 5.22. The first-order valence-electron chi connectivity index (χ1n) is 15.4. The topological polar surface area (TPSA) is 103 Å². The van der Waals surface area contributed by atoms with Gasteiger partial charge in [0.25, 0.3) is 0 Å². The predicted molar refractivity (Wildman–Crippen MR) is 163 cm³/mol. The van der Waals surface area contributed by atoms with Crippen molar-refractivity contribution in [1.82, 2.24) is 14.7 Å². The van der Waals surface area contributed by atoms with Crippen LogP contribution in [-0.4, -0.2) is 120 Å². The van der Waals surface area contributed by atoms with Crippen molar-refractivity contribution < 1.29 is 29.0 Å². The lowest BCUT2D eigenvalue weighted by molar-refractivity contribution is -0.155. The number of hydrogen-bond acceptors (Lipinski definition) is 7. The second-order valence-corrected chi connectivity index (χ2v) is 12.6. The summed E-state index contributed by atoms with van der Waals surface area (Å²) >= 11 is 0. The first-order valence-corrected chi connectivity index (χ1v) is 15.4. The molecule has 10 heteroatoms. The molecule has 0 radical (unpaired) electrons. The Hall–Kier alpha value is -3.05. The standard InChI is InChI=1S/C33H46N4O6/c1-6-13-35(16-15-34-17-19-42-20-18-34)31(41)28-33-21-23(3)32(5,43-33)26(27(33)30(40)37(28)24(4)22-38)29(39)36(14-7-2)25-11-9-8-10-12-25/h6-12,23-24,26-28,38H,1-2,13-22H2,3-5H3/t23?,24-,26+,27+,28?,32-,33?/m1/s1. The lowest BCUT2D eigenvalue weighted by Gasteiger charge is -2.39. The Morgan fingerprint density at radius 2 is 1.81 bits per heavy atom. The lowest BCUT2D eigenvalue weighted by atomic mass is 9.62. The second-order valence-electron chi connectivity index (χ2n) is 12.6. The highest BCUT2D eigenvalue weighted by Crippen LogP contribution is 2.65. The Morgan fingerprint density at radius 1 is 1.14 bits per heavy atom. The van der Waals surface area contributed by atoms with Crippen molar-refractivity contribution in [3.63, 3.8) is 0 Å². The number of fused-ring (bicyclic) bond motifs is 1. The van der Waals surface area contributed by atoms with E-state index in [0.29, 0.717) is 45.0 Å². The molecular weight excluding hydrogens is 548 g/mol. The maximum Gasteiger partial charge on any atom is 0.248 e. The summed E-state index contributed by atoms with van der Waals surface area (Å²) in [6.07, 6.45) is 3.83. The summed E-state index contributed by atoms with van der Waals surface area (Å²) in [5, 5.41) is 10.3. The van der Waals surface area contributed by atoms with Crippen LogP contribution in [0, 0.1) is 17.8 Å². The van der Waals surface area contributed by atoms with Gasteiger partial charge in [0.15, 0.2) is 0 Å². The number of aliphatic hydroxyl groups is 1. The first-order chi connectivity index (χ1) is 20.6. The second kappa shape index (κ2) is 12.5. The highest BCUT2D eigenvalue weighted by Gasteiger charge is 2.80. The van der Waals surface area contributed by atoms with Crippen molar-refractivity contribution in [2.24, 2.45) is 17.8 Å². The van der Waals surface area contributed by atoms with Gasteiger partial charge in [-0.1, -0.05) is 37.3 Å². The number of para-hydroxylation sites is 1. The maximum absolute atomic E-state index is 14.6. The Balaban J connectivity index is 1.53. The summed E-state index contributed by atoms with van der Waals surface area (Å²) in [6, 6.07) is 7.75. The molecule has 0 aliphatic carbocycles. The van der Waals surface area contributed by atoms with Crippen LogP contribution in [0.25, 0.3) is 0 Å². The molecule has 43 heavy (non-hydrogen) atoms. The van der Waals surface area contributed by atoms with Gasteiger partial charge in [-0.15, -0.1) is 13.2 Å². The molecule has 1 aromatic rings. The molecule has 2 bridgehead atoms. The molecule has 4 fully saturated rings. The van der Waals surface area contributed by atoms with E-state index in [9.17, 15) is 19.5 Å². The lowest BCUT2D eigenvalue weighted by Crippen LogP contribution is -2.59. The van der Waals surface area contributed by atoms with Crippen molar-refractivity contribution in [2.75, 3.05) is 64.0 Å². The van der Waals surface area contributed by atoms with Gasteiger partial charge in [-0.05, 0) is 38.3 Å². The average Bonchev–Trinajstić information content (AvgIpc) is 3.54. The van der Waals surface area contributed by atoms with E-state index in [2.05, 4.69) is 18.1 Å². The van der Waals surface area contributed by atoms with Crippen LogP contribution >= 0.6 is 0 Å². The minimum Gasteiger partial charge on any atom is -0.394 e. The molecule has 3 unspecified atom stereocenters. The molecule has 5 rings (SSSR count). The number of rotatable bonds is 12. The molecule has 4 aliphatic heterocycles. The van der Waals surface area contributed by atoms with E-state index in [1.54, 1.807) is 28.9 Å². The van der Waals surface area contributed by atoms with Gasteiger partial charge in [0, 0.05) is 45.0 Å². The van der Waals surface area contributed by atoms with E-state index >= 15 is 0 Å². The van der Waals surface area contributed by atoms with Crippen LogP contribution in [0.1, 0.15) is 27.2 Å². The number of nitrogens with zero attached hydrogens (tertiary/aromatic N) is 4. The molecule has 0 saturated carbocycles. The van der Waals surface area contributed by atoms with Crippen LogP contribution in [-0.2, 0) is 23.9 Å². The Bertz CT molecular complexity index is 1220. The molecule has 7 atom stereocenters. The van der Waals surface area contributed by atoms with E-state index in [4.69, 9.17) is 9.47 Å². The van der Waals surface area contributed by atoms with E-state index in [0.717, 1.165) is 13.1 Å². The van der Waals surface area contributed by atoms with Crippen LogP contribution in [0.4, 0.5) is 5.69 Å². The molecule has 3 amide bonds. The van der Waals surface area contributed by atoms with Crippen LogP contribution in [0.2, 0.25) is 0 Å². The summed E-state index contributed by atoms with van der Waals surface area (Å²) in [5.74, 6) is -2.53. The largest absolute Gasteiger partial charge is 0.394 e. The minimum atomic E-state index is -1.19. The molecule has 10 nitrogen and oxygen atoms in total. The average molecular weight is 595 g/mol. The van der Waals surface area contributed by atoms with E-state index in [1.807, 2.05) is 44.2 Å². The number of ether oxygens (including phenoxy) is 2. The molecule has 234 valence electrons. The summed E-state index contributed by atoms with van der Waals surface area (Å²) < 4.78 is 12.4. The van der Waals surface area contributed by atoms with Crippen molar-refractivity contribution in [3.8, 4) is 0 Å². The number of benzene rings is 1. The van der Waals surface area contributed by atoms with Gasteiger partial charge in [-0.25, -0.2) is 0 Å². The highest BCUT2D eigenvalue weighted by atomic mass is 16.5. The SMILES string of the molecule is C=CCN(CCN1CCOCC1)C(=O)C1N([C@H](C)CO)C(=O)[C@@H]2[C@@H](C(=O)N(CC=C)c3ccccc3)[C@]3(C)OC12CC3C. The third-order valence-electron chi connectivity index (χ3n) is 10.1. The van der Waals surface area contributed by atoms with Crippen LogP contribution in [0.15, 0.2) is 55.6 Å². The highest BCUT2D eigenvalue weighted by molar-refractivity contribution is 6.03. The zero-order valence-electron chi connectivity index (χ0n) is 25.7. The van der Waals surface area contributed by atoms with Gasteiger partial charge in [-0.2, -0.15) is 0 Å². The maximum atomic E-state index is 14.6. The fraction of sp³-hybridized carbons (Fsp3) is 0.606. The van der Waals surface area contributed by atoms with Crippen LogP contribution < -0.4 is 4.90 Å². The van der Waals surface area contributed by atoms with E-state index < -0.39 is 35.1 Å². The quantitative estimate of drug-likeness (QED) is 0.369. The number of carbonyl (C=O) groups excluding carboxylic acids is 3. The zero-order valence-corrected chi connectivity index (χ0v) is 25.7. The van der Waals surface area contributed by atoms with Gasteiger partial charge >= 0.3 is 0 Å². The smallest absolute Gasteiger partial charge is 0.248 e. The van der Waals surface area contributed by atoms with Crippen LogP contribution in [0.5, 0.6) is 0 Å². The number of anilines is 1. The Kier molecular flexibility index (Phi) is 9.13. The molecule has 1 aromatic carbocycles. The number of amides is 3. The minimum absolute atomic E-state index is 0.0901. The number of aliphatic hydroxyl groups excluding tert-OH is 1. The molecule has 4 aliphatic rings. The normalized spacial score (nSPS) is 32.4. The predicted octanol–water partition coefficient (Wildman–Crippen LogP) is 1.94. The number of likely N-dealkylation sites (tertiary alicyclic amines) is 1. The number of hydrogen-bond donors (Lipinski definition) is 1. The monoisotopic (exact) mass is 594 g/mol. The third-order valence-corrected chi connectivity index (χ3v) is 10.1. The first kappa shape index (κ1) is 31.4. The fourth-order valence-corrected chi connectivity index (χ4v) is 7.83. The van der Waals surface area contributed by atoms with Crippen molar-refractivity contribution in [1.29, 1.82) is 0 Å². The van der Waals surface area contributed by atoms with Crippen molar-refractivity contribution >= 4 is 23.4 Å². The number of carbonyl (C=O) groups is 3. The molecule has 4 heterocycles. The summed E-state index contributed by atoms with van der Waals surface area (Å²) in [4.78, 5) is 50.8. The fourth-order valence-electron chi connectivity index (χ4n) is 7.83. The Morgan fingerprint density at radius 3 is 2.44 bits per heavy atom. The summed E-state index contributed by atoms with van der Waals surface area (Å²) in [7, 11) is 0. The molecule has 0 aromatic heterocycles. The van der Waals surface area contributed by atoms with Crippen LogP contribution in [0.3, 0.4) is 0 Å². The molecule has 4 saturated heterocycles. The van der Waals surface area contributed by atoms with Crippen molar-refractivity contribution in [2.45, 2.75) is 50.5 Å². The summed E-state index contributed by atoms with van der Waals surface area (Å²) in [6.45, 7) is 17.7. The number of morpholine rings is 1. The van der Waals surface area contributed by atoms with Gasteiger partial charge < -0.3 is 29.3 Å². The Labute approximate surface area is 254 Å². The van der Waals surface area contributed by atoms with E-state index in [-0.39, 0.29) is 36.8 Å². The molecule has 1 N–H and O–H groups in total. The van der Waals surface area contributed by atoms with Gasteiger partial charge in [-0.3, -0.25) is 19.3 Å². The molecule has 1 spiro atoms. The summed E-state index contributed by atoms with van der Waals surface area (Å²) in [5.41, 5.74) is -1.43. The zero-order chi connectivity index (χ0) is 30.9. The van der Waals surface area contributed by atoms with Gasteiger partial charge in [0.2, 0.25) is 17.7 Å². The van der Waals surface area contributed by atoms with E-state index in [1.165, 1.54) is 4.90 Å². The van der Waals surface area contributed by atoms with Crippen molar-refractivity contribution in [3.05, 3.63) is 55.6 Å². The molecular formula is C33H46N4O6. The van der Waals surface area contributed by atoms with Gasteiger partial charge in [0.05, 0.1) is 43.3 Å².